The van der Waals surface area contributed by atoms with Gasteiger partial charge in [-0.2, -0.15) is 0 Å². The highest BCUT2D eigenvalue weighted by Crippen LogP contribution is 2.47. The van der Waals surface area contributed by atoms with Crippen LogP contribution in [0.15, 0.2) is 36.4 Å². The highest BCUT2D eigenvalue weighted by molar-refractivity contribution is 6.01. The average Bonchev–Trinajstić information content (AvgIpc) is 3.15. The first kappa shape index (κ1) is 27.7. The number of aliphatic hydroxyl groups excluding tert-OH is 1. The number of allylic oxidation sites excluding steroid dienone is 1. The summed E-state index contributed by atoms with van der Waals surface area (Å²) < 4.78 is 10.6. The molecular weight excluding hydrogens is 460 g/mol. The number of carbonyl (C=O) groups is 3. The topological polar surface area (TPSA) is 105 Å². The lowest BCUT2D eigenvalue weighted by molar-refractivity contribution is -0.156. The lowest BCUT2D eigenvalue weighted by atomic mass is 9.69. The van der Waals surface area contributed by atoms with Crippen LogP contribution in [0, 0.1) is 29.6 Å². The van der Waals surface area contributed by atoms with Gasteiger partial charge in [0, 0.05) is 11.6 Å². The Morgan fingerprint density at radius 2 is 1.83 bits per heavy atom. The smallest absolute Gasteiger partial charge is 0.310 e. The highest BCUT2D eigenvalue weighted by atomic mass is 16.5. The Morgan fingerprint density at radius 1 is 1.14 bits per heavy atom. The van der Waals surface area contributed by atoms with Gasteiger partial charge < -0.3 is 24.8 Å². The maximum absolute atomic E-state index is 14.0. The van der Waals surface area contributed by atoms with Gasteiger partial charge in [-0.25, -0.2) is 0 Å². The minimum Gasteiger partial charge on any atom is -0.497 e. The molecule has 2 amide bonds. The number of anilines is 1. The minimum absolute atomic E-state index is 0.137. The number of hydrogen-bond donors (Lipinski definition) is 2. The molecule has 0 saturated carbocycles. The van der Waals surface area contributed by atoms with E-state index >= 15 is 0 Å². The number of nitrogens with zero attached hydrogens (tertiary/aromatic N) is 1. The van der Waals surface area contributed by atoms with Gasteiger partial charge in [0.05, 0.1) is 38.2 Å². The van der Waals surface area contributed by atoms with E-state index in [0.717, 1.165) is 12.8 Å². The Bertz CT molecular complexity index is 944. The van der Waals surface area contributed by atoms with Crippen LogP contribution in [-0.4, -0.2) is 60.2 Å². The molecule has 1 aromatic carbocycles. The van der Waals surface area contributed by atoms with E-state index in [4.69, 9.17) is 9.47 Å². The highest BCUT2D eigenvalue weighted by Gasteiger charge is 2.58. The molecule has 1 aromatic rings. The SMILES string of the molecule is CCC[C@@H]1C=C[C@H]2[C@@H](C(=O)N([C@@H](CO)CC(C)C)[C@@H]2C(=O)Nc2ccc(OC)cc2)[C@@H]1C(=O)OCC. The summed E-state index contributed by atoms with van der Waals surface area (Å²) in [4.78, 5) is 42.4. The van der Waals surface area contributed by atoms with E-state index < -0.39 is 35.8 Å². The van der Waals surface area contributed by atoms with Crippen LogP contribution in [0.25, 0.3) is 0 Å². The lowest BCUT2D eigenvalue weighted by Gasteiger charge is -2.34. The predicted molar refractivity (Wildman–Crippen MR) is 137 cm³/mol. The van der Waals surface area contributed by atoms with Crippen molar-refractivity contribution in [1.82, 2.24) is 4.90 Å². The molecule has 0 radical (unpaired) electrons. The lowest BCUT2D eigenvalue weighted by Crippen LogP contribution is -2.51. The molecule has 198 valence electrons. The molecule has 36 heavy (non-hydrogen) atoms. The van der Waals surface area contributed by atoms with Crippen molar-refractivity contribution in [3.05, 3.63) is 36.4 Å². The maximum atomic E-state index is 14.0. The van der Waals surface area contributed by atoms with Gasteiger partial charge in [-0.05, 0) is 55.9 Å². The molecule has 2 N–H and O–H groups in total. The Kier molecular flexibility index (Phi) is 9.54. The van der Waals surface area contributed by atoms with Gasteiger partial charge >= 0.3 is 5.97 Å². The van der Waals surface area contributed by atoms with Gasteiger partial charge in [-0.1, -0.05) is 39.3 Å². The zero-order chi connectivity index (χ0) is 26.4. The molecule has 1 saturated heterocycles. The molecule has 1 aliphatic heterocycles. The second kappa shape index (κ2) is 12.4. The van der Waals surface area contributed by atoms with Crippen LogP contribution >= 0.6 is 0 Å². The van der Waals surface area contributed by atoms with E-state index in [2.05, 4.69) is 5.32 Å². The van der Waals surface area contributed by atoms with E-state index in [1.54, 1.807) is 43.2 Å². The van der Waals surface area contributed by atoms with Gasteiger partial charge in [-0.3, -0.25) is 14.4 Å². The van der Waals surface area contributed by atoms with Crippen molar-refractivity contribution in [2.45, 2.75) is 59.0 Å². The molecule has 3 rings (SSSR count). The predicted octanol–water partition coefficient (Wildman–Crippen LogP) is 3.65. The van der Waals surface area contributed by atoms with Crippen molar-refractivity contribution in [1.29, 1.82) is 0 Å². The first-order valence-corrected chi connectivity index (χ1v) is 13.0. The van der Waals surface area contributed by atoms with Crippen LogP contribution in [0.3, 0.4) is 0 Å². The number of likely N-dealkylation sites (tertiary alicyclic amines) is 1. The van der Waals surface area contributed by atoms with Crippen molar-refractivity contribution < 1.29 is 29.0 Å². The maximum Gasteiger partial charge on any atom is 0.310 e. The van der Waals surface area contributed by atoms with E-state index in [0.29, 0.717) is 17.9 Å². The molecule has 1 aliphatic carbocycles. The number of methoxy groups -OCH3 is 1. The second-order valence-electron chi connectivity index (χ2n) is 10.1. The first-order chi connectivity index (χ1) is 17.3. The van der Waals surface area contributed by atoms with E-state index in [-0.39, 0.29) is 36.9 Å². The normalized spacial score (nSPS) is 26.0. The molecule has 6 atom stereocenters. The average molecular weight is 501 g/mol. The zero-order valence-corrected chi connectivity index (χ0v) is 22.0. The number of rotatable bonds is 11. The largest absolute Gasteiger partial charge is 0.497 e. The molecule has 0 spiro atoms. The number of fused-ring (bicyclic) bond motifs is 1. The Hall–Kier alpha value is -2.87. The third-order valence-electron chi connectivity index (χ3n) is 7.20. The summed E-state index contributed by atoms with van der Waals surface area (Å²) in [7, 11) is 1.57. The molecular formula is C28H40N2O6. The van der Waals surface area contributed by atoms with Crippen molar-refractivity contribution in [3.8, 4) is 5.75 Å². The molecule has 8 nitrogen and oxygen atoms in total. The molecule has 2 aliphatic rings. The zero-order valence-electron chi connectivity index (χ0n) is 22.0. The second-order valence-corrected chi connectivity index (χ2v) is 10.1. The summed E-state index contributed by atoms with van der Waals surface area (Å²) in [6.07, 6.45) is 6.05. The Morgan fingerprint density at radius 3 is 2.39 bits per heavy atom. The fourth-order valence-corrected chi connectivity index (χ4v) is 5.72. The molecule has 0 aromatic heterocycles. The number of hydrogen-bond acceptors (Lipinski definition) is 6. The summed E-state index contributed by atoms with van der Waals surface area (Å²) in [6.45, 7) is 7.78. The summed E-state index contributed by atoms with van der Waals surface area (Å²) in [5, 5.41) is 13.2. The standard InChI is InChI=1S/C28H40N2O6/c1-6-8-18-9-14-22-24(23(18)28(34)36-7-2)27(33)30(20(16-31)15-17(3)4)25(22)26(32)29-19-10-12-21(35-5)13-11-19/h9-14,17-18,20,22-25,31H,6-8,15-16H2,1-5H3,(H,29,32)/t18-,20-,22+,23-,24-,25+/m1/s1. The van der Waals surface area contributed by atoms with Gasteiger partial charge in [0.15, 0.2) is 0 Å². The summed E-state index contributed by atoms with van der Waals surface area (Å²) in [6, 6.07) is 5.59. The number of amides is 2. The number of aliphatic hydroxyl groups is 1. The van der Waals surface area contributed by atoms with Crippen molar-refractivity contribution in [2.75, 3.05) is 25.6 Å². The molecule has 0 unspecified atom stereocenters. The van der Waals surface area contributed by atoms with Gasteiger partial charge in [0.2, 0.25) is 11.8 Å². The van der Waals surface area contributed by atoms with Crippen molar-refractivity contribution in [3.63, 3.8) is 0 Å². The fraction of sp³-hybridized carbons (Fsp3) is 0.607. The number of esters is 1. The van der Waals surface area contributed by atoms with Crippen molar-refractivity contribution in [2.24, 2.45) is 29.6 Å². The summed E-state index contributed by atoms with van der Waals surface area (Å²) >= 11 is 0. The van der Waals surface area contributed by atoms with Gasteiger partial charge in [-0.15, -0.1) is 0 Å². The van der Waals surface area contributed by atoms with Crippen LogP contribution in [-0.2, 0) is 19.1 Å². The number of nitrogens with one attached hydrogen (secondary N) is 1. The van der Waals surface area contributed by atoms with Crippen LogP contribution in [0.1, 0.15) is 47.0 Å². The summed E-state index contributed by atoms with van der Waals surface area (Å²) in [5.74, 6) is -2.15. The fourth-order valence-electron chi connectivity index (χ4n) is 5.72. The van der Waals surface area contributed by atoms with E-state index in [9.17, 15) is 19.5 Å². The first-order valence-electron chi connectivity index (χ1n) is 13.0. The van der Waals surface area contributed by atoms with Crippen LogP contribution < -0.4 is 10.1 Å². The van der Waals surface area contributed by atoms with Crippen LogP contribution in [0.2, 0.25) is 0 Å². The summed E-state index contributed by atoms with van der Waals surface area (Å²) in [5.41, 5.74) is 0.576. The quantitative estimate of drug-likeness (QED) is 0.355. The monoisotopic (exact) mass is 500 g/mol. The van der Waals surface area contributed by atoms with E-state index in [1.807, 2.05) is 32.9 Å². The Balaban J connectivity index is 2.03. The third-order valence-corrected chi connectivity index (χ3v) is 7.20. The van der Waals surface area contributed by atoms with Crippen molar-refractivity contribution >= 4 is 23.5 Å². The number of ether oxygens (including phenoxy) is 2. The number of carbonyl (C=O) groups excluding carboxylic acids is 3. The Labute approximate surface area is 214 Å². The third kappa shape index (κ3) is 5.75. The molecule has 1 heterocycles. The molecule has 1 fully saturated rings. The van der Waals surface area contributed by atoms with Crippen LogP contribution in [0.5, 0.6) is 5.75 Å². The van der Waals surface area contributed by atoms with Gasteiger partial charge in [0.1, 0.15) is 11.8 Å². The minimum atomic E-state index is -0.851. The molecule has 8 heteroatoms. The van der Waals surface area contributed by atoms with E-state index in [1.165, 1.54) is 0 Å². The van der Waals surface area contributed by atoms with Gasteiger partial charge in [0.25, 0.3) is 0 Å². The molecule has 0 bridgehead atoms. The van der Waals surface area contributed by atoms with Crippen LogP contribution in [0.4, 0.5) is 5.69 Å². The number of benzene rings is 1.